The van der Waals surface area contributed by atoms with Gasteiger partial charge in [0.25, 0.3) is 0 Å². The Kier molecular flexibility index (Phi) is 2.94. The van der Waals surface area contributed by atoms with Gasteiger partial charge in [0.15, 0.2) is 0 Å². The smallest absolute Gasteiger partial charge is 0.127 e. The summed E-state index contributed by atoms with van der Waals surface area (Å²) in [7, 11) is 0. The minimum atomic E-state index is -0.275. The predicted octanol–water partition coefficient (Wildman–Crippen LogP) is 3.69. The van der Waals surface area contributed by atoms with Crippen molar-refractivity contribution in [2.24, 2.45) is 11.7 Å². The highest BCUT2D eigenvalue weighted by Gasteiger charge is 2.35. The molecule has 2 atom stereocenters. The first-order valence-electron chi connectivity index (χ1n) is 6.51. The van der Waals surface area contributed by atoms with Gasteiger partial charge in [0, 0.05) is 4.47 Å². The lowest BCUT2D eigenvalue weighted by atomic mass is 9.76. The van der Waals surface area contributed by atoms with Crippen molar-refractivity contribution in [3.63, 3.8) is 0 Å². The highest BCUT2D eigenvalue weighted by molar-refractivity contribution is 9.10. The molecule has 1 aliphatic carbocycles. The van der Waals surface area contributed by atoms with Crippen LogP contribution in [0.1, 0.15) is 38.4 Å². The zero-order chi connectivity index (χ0) is 12.8. The van der Waals surface area contributed by atoms with Gasteiger partial charge in [-0.05, 0) is 37.0 Å². The molecule has 2 unspecified atom stereocenters. The Morgan fingerprint density at radius 1 is 1.50 bits per heavy atom. The van der Waals surface area contributed by atoms with Crippen molar-refractivity contribution in [3.8, 4) is 0 Å². The first-order valence-corrected chi connectivity index (χ1v) is 7.31. The lowest BCUT2D eigenvalue weighted by molar-refractivity contribution is 0.230. The molecular weight excluding hydrogens is 290 g/mol. The molecular formula is C14H18BrN3. The van der Waals surface area contributed by atoms with Crippen molar-refractivity contribution >= 4 is 27.0 Å². The number of fused-ring (bicyclic) bond motifs is 1. The second-order valence-corrected chi connectivity index (χ2v) is 6.52. The van der Waals surface area contributed by atoms with Gasteiger partial charge in [-0.2, -0.15) is 0 Å². The van der Waals surface area contributed by atoms with Crippen LogP contribution in [0.25, 0.3) is 11.0 Å². The molecule has 1 fully saturated rings. The Morgan fingerprint density at radius 3 is 3.11 bits per heavy atom. The van der Waals surface area contributed by atoms with Crippen LogP contribution in [-0.4, -0.2) is 9.97 Å². The highest BCUT2D eigenvalue weighted by Crippen LogP contribution is 2.37. The molecule has 1 aromatic heterocycles. The van der Waals surface area contributed by atoms with Crippen molar-refractivity contribution in [3.05, 3.63) is 28.5 Å². The number of rotatable bonds is 1. The second kappa shape index (κ2) is 4.35. The molecule has 0 spiro atoms. The summed E-state index contributed by atoms with van der Waals surface area (Å²) in [6.07, 6.45) is 4.52. The Labute approximate surface area is 115 Å². The van der Waals surface area contributed by atoms with E-state index >= 15 is 0 Å². The van der Waals surface area contributed by atoms with Gasteiger partial charge in [-0.1, -0.05) is 35.7 Å². The van der Waals surface area contributed by atoms with Gasteiger partial charge in [-0.3, -0.25) is 0 Å². The number of nitrogens with two attached hydrogens (primary N) is 1. The van der Waals surface area contributed by atoms with E-state index in [1.807, 2.05) is 12.1 Å². The molecule has 0 amide bonds. The molecule has 0 radical (unpaired) electrons. The summed E-state index contributed by atoms with van der Waals surface area (Å²) in [5.74, 6) is 1.63. The van der Waals surface area contributed by atoms with E-state index < -0.39 is 0 Å². The fourth-order valence-electron chi connectivity index (χ4n) is 3.02. The summed E-state index contributed by atoms with van der Waals surface area (Å²) in [5, 5.41) is 0. The van der Waals surface area contributed by atoms with E-state index in [0.717, 1.165) is 34.2 Å². The van der Waals surface area contributed by atoms with E-state index in [2.05, 4.69) is 38.9 Å². The van der Waals surface area contributed by atoms with E-state index in [4.69, 9.17) is 5.73 Å². The van der Waals surface area contributed by atoms with Crippen molar-refractivity contribution in [2.45, 2.75) is 38.1 Å². The number of nitrogens with one attached hydrogen (secondary N) is 1. The Bertz CT molecular complexity index is 577. The van der Waals surface area contributed by atoms with Crippen molar-refractivity contribution < 1.29 is 0 Å². The number of hydrogen-bond acceptors (Lipinski definition) is 2. The maximum atomic E-state index is 6.57. The molecule has 3 N–H and O–H groups in total. The van der Waals surface area contributed by atoms with Gasteiger partial charge < -0.3 is 10.7 Å². The minimum absolute atomic E-state index is 0.275. The van der Waals surface area contributed by atoms with Gasteiger partial charge in [-0.15, -0.1) is 0 Å². The lowest BCUT2D eigenvalue weighted by Gasteiger charge is -2.35. The molecule has 3 rings (SSSR count). The van der Waals surface area contributed by atoms with Crippen LogP contribution in [0, 0.1) is 5.92 Å². The number of H-pyrrole nitrogens is 1. The molecule has 2 aromatic rings. The zero-order valence-corrected chi connectivity index (χ0v) is 12.1. The SMILES string of the molecule is CC1CCCC(N)(c2nc3ccc(Br)cc3[nH]2)C1. The summed E-state index contributed by atoms with van der Waals surface area (Å²) in [6, 6.07) is 6.09. The van der Waals surface area contributed by atoms with Crippen LogP contribution in [0.15, 0.2) is 22.7 Å². The predicted molar refractivity (Wildman–Crippen MR) is 77.3 cm³/mol. The molecule has 3 nitrogen and oxygen atoms in total. The molecule has 1 aromatic carbocycles. The van der Waals surface area contributed by atoms with Crippen LogP contribution >= 0.6 is 15.9 Å². The normalized spacial score (nSPS) is 28.7. The van der Waals surface area contributed by atoms with E-state index in [-0.39, 0.29) is 5.54 Å². The molecule has 0 aliphatic heterocycles. The van der Waals surface area contributed by atoms with Crippen LogP contribution in [0.2, 0.25) is 0 Å². The number of imidazole rings is 1. The minimum Gasteiger partial charge on any atom is -0.340 e. The summed E-state index contributed by atoms with van der Waals surface area (Å²) in [5.41, 5.74) is 8.35. The number of benzene rings is 1. The summed E-state index contributed by atoms with van der Waals surface area (Å²) >= 11 is 3.48. The second-order valence-electron chi connectivity index (χ2n) is 5.60. The van der Waals surface area contributed by atoms with Crippen LogP contribution in [0.4, 0.5) is 0 Å². The Hall–Kier alpha value is -0.870. The number of hydrogen-bond donors (Lipinski definition) is 2. The maximum Gasteiger partial charge on any atom is 0.127 e. The van der Waals surface area contributed by atoms with Gasteiger partial charge in [0.2, 0.25) is 0 Å². The maximum absolute atomic E-state index is 6.57. The van der Waals surface area contributed by atoms with E-state index in [0.29, 0.717) is 5.92 Å². The van der Waals surface area contributed by atoms with E-state index in [1.165, 1.54) is 12.8 Å². The average Bonchev–Trinajstić information content (AvgIpc) is 2.72. The number of halogens is 1. The monoisotopic (exact) mass is 307 g/mol. The zero-order valence-electron chi connectivity index (χ0n) is 10.5. The first kappa shape index (κ1) is 12.2. The van der Waals surface area contributed by atoms with Crippen molar-refractivity contribution in [2.75, 3.05) is 0 Å². The number of nitrogens with zero attached hydrogens (tertiary/aromatic N) is 1. The fourth-order valence-corrected chi connectivity index (χ4v) is 3.39. The summed E-state index contributed by atoms with van der Waals surface area (Å²) in [4.78, 5) is 8.08. The Morgan fingerprint density at radius 2 is 2.33 bits per heavy atom. The molecule has 0 bridgehead atoms. The third-order valence-corrected chi connectivity index (χ3v) is 4.44. The third-order valence-electron chi connectivity index (χ3n) is 3.95. The van der Waals surface area contributed by atoms with Crippen molar-refractivity contribution in [1.29, 1.82) is 0 Å². The van der Waals surface area contributed by atoms with Crippen molar-refractivity contribution in [1.82, 2.24) is 9.97 Å². The van der Waals surface area contributed by atoms with Gasteiger partial charge >= 0.3 is 0 Å². The molecule has 1 saturated carbocycles. The average molecular weight is 308 g/mol. The van der Waals surface area contributed by atoms with Crippen LogP contribution in [-0.2, 0) is 5.54 Å². The third kappa shape index (κ3) is 2.08. The van der Waals surface area contributed by atoms with E-state index in [9.17, 15) is 0 Å². The van der Waals surface area contributed by atoms with E-state index in [1.54, 1.807) is 0 Å². The number of aromatic amines is 1. The summed E-state index contributed by atoms with van der Waals surface area (Å²) in [6.45, 7) is 2.28. The van der Waals surface area contributed by atoms with Crippen LogP contribution in [0.5, 0.6) is 0 Å². The molecule has 0 saturated heterocycles. The Balaban J connectivity index is 2.03. The van der Waals surface area contributed by atoms with Gasteiger partial charge in [0.05, 0.1) is 16.6 Å². The molecule has 18 heavy (non-hydrogen) atoms. The molecule has 1 heterocycles. The summed E-state index contributed by atoms with van der Waals surface area (Å²) < 4.78 is 1.06. The first-order chi connectivity index (χ1) is 8.57. The highest BCUT2D eigenvalue weighted by atomic mass is 79.9. The standard InChI is InChI=1S/C14H18BrN3/c1-9-3-2-6-14(16,8-9)13-17-11-5-4-10(15)7-12(11)18-13/h4-5,7,9H,2-3,6,8,16H2,1H3,(H,17,18). The number of aromatic nitrogens is 2. The van der Waals surface area contributed by atoms with Gasteiger partial charge in [0.1, 0.15) is 5.82 Å². The lowest BCUT2D eigenvalue weighted by Crippen LogP contribution is -2.42. The largest absolute Gasteiger partial charge is 0.340 e. The van der Waals surface area contributed by atoms with Crippen LogP contribution < -0.4 is 5.73 Å². The molecule has 96 valence electrons. The quantitative estimate of drug-likeness (QED) is 0.844. The van der Waals surface area contributed by atoms with Crippen LogP contribution in [0.3, 0.4) is 0 Å². The molecule has 4 heteroatoms. The molecule has 1 aliphatic rings. The van der Waals surface area contributed by atoms with Gasteiger partial charge in [-0.25, -0.2) is 4.98 Å². The fraction of sp³-hybridized carbons (Fsp3) is 0.500. The topological polar surface area (TPSA) is 54.7 Å².